The lowest BCUT2D eigenvalue weighted by molar-refractivity contribution is -0.147. The molecule has 0 radical (unpaired) electrons. The summed E-state index contributed by atoms with van der Waals surface area (Å²) in [7, 11) is 2.91. The maximum Gasteiger partial charge on any atom is 0.325 e. The topological polar surface area (TPSA) is 132 Å². The molecule has 0 unspecified atom stereocenters. The largest absolute Gasteiger partial charge is 0.493 e. The molecule has 0 saturated carbocycles. The van der Waals surface area contributed by atoms with E-state index in [2.05, 4.69) is 16.0 Å². The SMILES string of the molecule is COc1ccc(C(=O)NCC(=O)OCC(=O)NCC(=O)Nc2c(C)cc(C)cc2C)cc1OC. The normalized spacial score (nSPS) is 10.1. The molecular formula is C24H29N3O7. The lowest BCUT2D eigenvalue weighted by Crippen LogP contribution is -2.37. The lowest BCUT2D eigenvalue weighted by atomic mass is 10.1. The first-order valence-corrected chi connectivity index (χ1v) is 10.4. The summed E-state index contributed by atoms with van der Waals surface area (Å²) in [6, 6.07) is 8.45. The molecule has 2 aromatic rings. The van der Waals surface area contributed by atoms with Crippen molar-refractivity contribution in [2.75, 3.05) is 39.2 Å². The van der Waals surface area contributed by atoms with Crippen molar-refractivity contribution in [3.63, 3.8) is 0 Å². The number of hydrogen-bond donors (Lipinski definition) is 3. The first-order chi connectivity index (χ1) is 16.1. The minimum Gasteiger partial charge on any atom is -0.493 e. The Labute approximate surface area is 198 Å². The van der Waals surface area contributed by atoms with Gasteiger partial charge in [-0.25, -0.2) is 0 Å². The molecule has 2 aromatic carbocycles. The molecule has 0 bridgehead atoms. The first kappa shape index (κ1) is 26.2. The second-order valence-corrected chi connectivity index (χ2v) is 7.51. The zero-order valence-electron chi connectivity index (χ0n) is 19.9. The van der Waals surface area contributed by atoms with Gasteiger partial charge in [-0.3, -0.25) is 19.2 Å². The number of methoxy groups -OCH3 is 2. The molecule has 0 heterocycles. The average Bonchev–Trinajstić information content (AvgIpc) is 2.81. The third-order valence-corrected chi connectivity index (χ3v) is 4.79. The van der Waals surface area contributed by atoms with Crippen molar-refractivity contribution in [3.05, 3.63) is 52.6 Å². The van der Waals surface area contributed by atoms with Gasteiger partial charge in [0, 0.05) is 11.3 Å². The van der Waals surface area contributed by atoms with Crippen LogP contribution >= 0.6 is 0 Å². The first-order valence-electron chi connectivity index (χ1n) is 10.4. The van der Waals surface area contributed by atoms with Crippen molar-refractivity contribution in [1.82, 2.24) is 10.6 Å². The number of ether oxygens (including phenoxy) is 3. The number of nitrogens with one attached hydrogen (secondary N) is 3. The van der Waals surface area contributed by atoms with Gasteiger partial charge in [-0.05, 0) is 50.1 Å². The van der Waals surface area contributed by atoms with E-state index >= 15 is 0 Å². The fourth-order valence-electron chi connectivity index (χ4n) is 3.22. The van der Waals surface area contributed by atoms with Crippen molar-refractivity contribution in [2.45, 2.75) is 20.8 Å². The molecule has 10 nitrogen and oxygen atoms in total. The van der Waals surface area contributed by atoms with Crippen LogP contribution in [0.3, 0.4) is 0 Å². The van der Waals surface area contributed by atoms with Gasteiger partial charge < -0.3 is 30.2 Å². The number of hydrogen-bond acceptors (Lipinski definition) is 7. The molecule has 0 aliphatic heterocycles. The van der Waals surface area contributed by atoms with Crippen LogP contribution in [-0.4, -0.2) is 57.6 Å². The van der Waals surface area contributed by atoms with E-state index in [1.165, 1.54) is 26.4 Å². The van der Waals surface area contributed by atoms with E-state index in [-0.39, 0.29) is 12.1 Å². The molecule has 0 aliphatic rings. The number of esters is 1. The van der Waals surface area contributed by atoms with E-state index in [4.69, 9.17) is 14.2 Å². The summed E-state index contributed by atoms with van der Waals surface area (Å²) < 4.78 is 15.1. The third-order valence-electron chi connectivity index (χ3n) is 4.79. The van der Waals surface area contributed by atoms with Gasteiger partial charge in [-0.15, -0.1) is 0 Å². The predicted octanol–water partition coefficient (Wildman–Crippen LogP) is 1.66. The van der Waals surface area contributed by atoms with E-state index < -0.39 is 36.8 Å². The highest BCUT2D eigenvalue weighted by Crippen LogP contribution is 2.27. The quantitative estimate of drug-likeness (QED) is 0.449. The minimum atomic E-state index is -0.806. The molecule has 10 heteroatoms. The number of aryl methyl sites for hydroxylation is 3. The Morgan fingerprint density at radius 3 is 2.06 bits per heavy atom. The molecule has 3 N–H and O–H groups in total. The smallest absolute Gasteiger partial charge is 0.325 e. The molecule has 2 rings (SSSR count). The van der Waals surface area contributed by atoms with Gasteiger partial charge in [0.05, 0.1) is 20.8 Å². The highest BCUT2D eigenvalue weighted by molar-refractivity contribution is 5.97. The van der Waals surface area contributed by atoms with E-state index in [1.54, 1.807) is 6.07 Å². The summed E-state index contributed by atoms with van der Waals surface area (Å²) in [6.45, 7) is 4.44. The molecule has 34 heavy (non-hydrogen) atoms. The Hall–Kier alpha value is -4.08. The second kappa shape index (κ2) is 12.2. The summed E-state index contributed by atoms with van der Waals surface area (Å²) in [5.74, 6) is -1.56. The Morgan fingerprint density at radius 2 is 1.44 bits per heavy atom. The molecule has 0 atom stereocenters. The van der Waals surface area contributed by atoms with Crippen molar-refractivity contribution in [1.29, 1.82) is 0 Å². The molecule has 0 spiro atoms. The van der Waals surface area contributed by atoms with Crippen LogP contribution in [-0.2, 0) is 19.1 Å². The van der Waals surface area contributed by atoms with Gasteiger partial charge in [0.1, 0.15) is 6.54 Å². The molecule has 0 fully saturated rings. The van der Waals surface area contributed by atoms with Crippen LogP contribution in [0.2, 0.25) is 0 Å². The molecule has 3 amide bonds. The molecule has 0 saturated heterocycles. The van der Waals surface area contributed by atoms with Crippen LogP contribution in [0.25, 0.3) is 0 Å². The Morgan fingerprint density at radius 1 is 0.794 bits per heavy atom. The minimum absolute atomic E-state index is 0.258. The number of amides is 3. The molecular weight excluding hydrogens is 442 g/mol. The summed E-state index contributed by atoms with van der Waals surface area (Å²) >= 11 is 0. The van der Waals surface area contributed by atoms with E-state index in [9.17, 15) is 19.2 Å². The Bertz CT molecular complexity index is 1060. The number of rotatable bonds is 10. The van der Waals surface area contributed by atoms with Crippen LogP contribution in [0.5, 0.6) is 11.5 Å². The van der Waals surface area contributed by atoms with Gasteiger partial charge in [-0.1, -0.05) is 17.7 Å². The summed E-state index contributed by atoms with van der Waals surface area (Å²) in [5, 5.41) is 7.54. The predicted molar refractivity (Wildman–Crippen MR) is 125 cm³/mol. The van der Waals surface area contributed by atoms with Gasteiger partial charge in [0.2, 0.25) is 5.91 Å². The average molecular weight is 472 g/mol. The van der Waals surface area contributed by atoms with Crippen LogP contribution in [0, 0.1) is 20.8 Å². The maximum atomic E-state index is 12.2. The van der Waals surface area contributed by atoms with Crippen LogP contribution in [0.4, 0.5) is 5.69 Å². The fraction of sp³-hybridized carbons (Fsp3) is 0.333. The monoisotopic (exact) mass is 471 g/mol. The summed E-state index contributed by atoms with van der Waals surface area (Å²) in [5.41, 5.74) is 3.88. The zero-order valence-corrected chi connectivity index (χ0v) is 19.9. The van der Waals surface area contributed by atoms with Gasteiger partial charge >= 0.3 is 5.97 Å². The number of benzene rings is 2. The highest BCUT2D eigenvalue weighted by Gasteiger charge is 2.14. The lowest BCUT2D eigenvalue weighted by Gasteiger charge is -2.13. The Kier molecular flexibility index (Phi) is 9.42. The van der Waals surface area contributed by atoms with Crippen molar-refractivity contribution in [2.24, 2.45) is 0 Å². The number of anilines is 1. The van der Waals surface area contributed by atoms with E-state index in [1.807, 2.05) is 32.9 Å². The van der Waals surface area contributed by atoms with E-state index in [0.717, 1.165) is 16.7 Å². The molecule has 0 aliphatic carbocycles. The van der Waals surface area contributed by atoms with E-state index in [0.29, 0.717) is 17.2 Å². The summed E-state index contributed by atoms with van der Waals surface area (Å²) in [6.07, 6.45) is 0. The Balaban J connectivity index is 1.73. The van der Waals surface area contributed by atoms with Crippen LogP contribution in [0.15, 0.2) is 30.3 Å². The van der Waals surface area contributed by atoms with Gasteiger partial charge in [0.15, 0.2) is 18.1 Å². The fourth-order valence-corrected chi connectivity index (χ4v) is 3.22. The second-order valence-electron chi connectivity index (χ2n) is 7.51. The van der Waals surface area contributed by atoms with Gasteiger partial charge in [0.25, 0.3) is 11.8 Å². The number of carbonyl (C=O) groups excluding carboxylic acids is 4. The molecule has 0 aromatic heterocycles. The molecule has 182 valence electrons. The third kappa shape index (κ3) is 7.51. The van der Waals surface area contributed by atoms with Crippen molar-refractivity contribution >= 4 is 29.4 Å². The standard InChI is InChI=1S/C24H29N3O7/c1-14-8-15(2)23(16(3)9-14)27-20(28)11-25-21(29)13-34-22(30)12-26-24(31)17-6-7-18(32-4)19(10-17)33-5/h6-10H,11-13H2,1-5H3,(H,25,29)(H,26,31)(H,27,28). The maximum absolute atomic E-state index is 12.2. The zero-order chi connectivity index (χ0) is 25.3. The van der Waals surface area contributed by atoms with Crippen LogP contribution in [0.1, 0.15) is 27.0 Å². The van der Waals surface area contributed by atoms with Crippen LogP contribution < -0.4 is 25.4 Å². The van der Waals surface area contributed by atoms with Gasteiger partial charge in [-0.2, -0.15) is 0 Å². The van der Waals surface area contributed by atoms with Crippen molar-refractivity contribution < 1.29 is 33.4 Å². The highest BCUT2D eigenvalue weighted by atomic mass is 16.5. The number of carbonyl (C=O) groups is 4. The summed E-state index contributed by atoms with van der Waals surface area (Å²) in [4.78, 5) is 48.1. The van der Waals surface area contributed by atoms with Crippen molar-refractivity contribution in [3.8, 4) is 11.5 Å².